The number of carbonyl (C=O) groups is 1. The third-order valence-corrected chi connectivity index (χ3v) is 9.37. The first kappa shape index (κ1) is 30.8. The third kappa shape index (κ3) is 6.50. The van der Waals surface area contributed by atoms with Crippen molar-refractivity contribution < 1.29 is 48.9 Å². The summed E-state index contributed by atoms with van der Waals surface area (Å²) < 4.78 is 31.6. The van der Waals surface area contributed by atoms with Gasteiger partial charge in [0.05, 0.1) is 31.0 Å². The molecule has 11 atom stereocenters. The molecule has 0 amide bonds. The van der Waals surface area contributed by atoms with Crippen LogP contribution in [0.15, 0.2) is 36.0 Å². The van der Waals surface area contributed by atoms with Crippen molar-refractivity contribution >= 4 is 5.97 Å². The molecule has 4 saturated heterocycles. The largest absolute Gasteiger partial charge is 0.479 e. The van der Waals surface area contributed by atoms with E-state index in [2.05, 4.69) is 32.6 Å². The molecule has 0 aromatic rings. The highest BCUT2D eigenvalue weighted by atomic mass is 16.7. The Kier molecular flexibility index (Phi) is 8.87. The second-order valence-corrected chi connectivity index (χ2v) is 12.9. The molecule has 0 bridgehead atoms. The van der Waals surface area contributed by atoms with Gasteiger partial charge >= 0.3 is 5.97 Å². The monoisotopic (exact) mass is 578 g/mol. The van der Waals surface area contributed by atoms with Gasteiger partial charge in [0.25, 0.3) is 0 Å². The first-order valence-electron chi connectivity index (χ1n) is 15.0. The van der Waals surface area contributed by atoms with Gasteiger partial charge in [-0.2, -0.15) is 0 Å². The fourth-order valence-electron chi connectivity index (χ4n) is 6.99. The van der Waals surface area contributed by atoms with Crippen molar-refractivity contribution in [3.05, 3.63) is 36.0 Å². The van der Waals surface area contributed by atoms with Crippen molar-refractivity contribution in [1.82, 2.24) is 0 Å². The molecule has 4 fully saturated rings. The predicted molar refractivity (Wildman–Crippen MR) is 148 cm³/mol. The van der Waals surface area contributed by atoms with Crippen LogP contribution in [0.4, 0.5) is 0 Å². The van der Waals surface area contributed by atoms with Crippen molar-refractivity contribution in [3.8, 4) is 0 Å². The molecule has 0 saturated carbocycles. The van der Waals surface area contributed by atoms with E-state index in [1.165, 1.54) is 6.92 Å². The van der Waals surface area contributed by atoms with E-state index in [1.54, 1.807) is 0 Å². The summed E-state index contributed by atoms with van der Waals surface area (Å²) in [5.41, 5.74) is -0.262. The first-order chi connectivity index (χ1) is 19.3. The van der Waals surface area contributed by atoms with Gasteiger partial charge < -0.3 is 44.1 Å². The maximum absolute atomic E-state index is 11.4. The highest BCUT2D eigenvalue weighted by molar-refractivity contribution is 5.76. The maximum atomic E-state index is 11.4. The van der Waals surface area contributed by atoms with Crippen molar-refractivity contribution in [2.45, 2.75) is 138 Å². The Labute approximate surface area is 241 Å². The number of hydrogen-bond donors (Lipinski definition) is 4. The maximum Gasteiger partial charge on any atom is 0.335 e. The van der Waals surface area contributed by atoms with Gasteiger partial charge in [0.15, 0.2) is 17.2 Å². The molecule has 2 spiro atoms. The number of aliphatic hydroxyl groups excluding tert-OH is 2. The van der Waals surface area contributed by atoms with Gasteiger partial charge in [-0.15, -0.1) is 0 Å². The highest BCUT2D eigenvalue weighted by Crippen LogP contribution is 2.45. The molecular formula is C31H46O10. The summed E-state index contributed by atoms with van der Waals surface area (Å²) >= 11 is 0. The summed E-state index contributed by atoms with van der Waals surface area (Å²) in [6, 6.07) is 0. The van der Waals surface area contributed by atoms with E-state index in [0.29, 0.717) is 37.7 Å². The summed E-state index contributed by atoms with van der Waals surface area (Å²) in [5, 5.41) is 40.0. The fraction of sp³-hybridized carbons (Fsp3) is 0.774. The normalized spacial score (nSPS) is 43.6. The Morgan fingerprint density at radius 2 is 1.95 bits per heavy atom. The Bertz CT molecular complexity index is 1050. The van der Waals surface area contributed by atoms with Crippen LogP contribution in [0.2, 0.25) is 0 Å². The molecule has 10 nitrogen and oxygen atoms in total. The molecule has 0 unspecified atom stereocenters. The lowest BCUT2D eigenvalue weighted by Crippen LogP contribution is -2.58. The topological polar surface area (TPSA) is 144 Å². The lowest BCUT2D eigenvalue weighted by Gasteiger charge is -2.48. The summed E-state index contributed by atoms with van der Waals surface area (Å²) in [4.78, 5) is 11.4. The number of rotatable bonds is 7. The van der Waals surface area contributed by atoms with Crippen LogP contribution in [-0.2, 0) is 28.5 Å². The molecule has 10 heteroatoms. The molecule has 4 N–H and O–H groups in total. The van der Waals surface area contributed by atoms with Crippen LogP contribution in [0, 0.1) is 5.92 Å². The van der Waals surface area contributed by atoms with Gasteiger partial charge in [-0.3, -0.25) is 0 Å². The number of fused-ring (bicyclic) bond motifs is 1. The third-order valence-electron chi connectivity index (χ3n) is 9.37. The van der Waals surface area contributed by atoms with Gasteiger partial charge in [0.1, 0.15) is 18.3 Å². The van der Waals surface area contributed by atoms with E-state index in [1.807, 2.05) is 6.08 Å². The minimum absolute atomic E-state index is 0.00415. The zero-order valence-electron chi connectivity index (χ0n) is 24.4. The van der Waals surface area contributed by atoms with E-state index >= 15 is 0 Å². The molecule has 5 aliphatic rings. The Morgan fingerprint density at radius 1 is 1.20 bits per heavy atom. The second kappa shape index (κ2) is 11.8. The molecule has 5 aliphatic heterocycles. The number of aliphatic hydroxyl groups is 3. The summed E-state index contributed by atoms with van der Waals surface area (Å²) in [5.74, 6) is -2.89. The smallest absolute Gasteiger partial charge is 0.335 e. The van der Waals surface area contributed by atoms with E-state index in [9.17, 15) is 25.2 Å². The van der Waals surface area contributed by atoms with Crippen molar-refractivity contribution in [2.75, 3.05) is 6.61 Å². The second-order valence-electron chi connectivity index (χ2n) is 12.9. The van der Waals surface area contributed by atoms with E-state index in [4.69, 9.17) is 23.7 Å². The van der Waals surface area contributed by atoms with Crippen molar-refractivity contribution in [2.24, 2.45) is 5.92 Å². The first-order valence-corrected chi connectivity index (χ1v) is 15.0. The molecular weight excluding hydrogens is 532 g/mol. The van der Waals surface area contributed by atoms with Gasteiger partial charge in [-0.25, -0.2) is 4.79 Å². The van der Waals surface area contributed by atoms with Crippen LogP contribution in [0.3, 0.4) is 0 Å². The van der Waals surface area contributed by atoms with Crippen molar-refractivity contribution in [3.63, 3.8) is 0 Å². The zero-order chi connectivity index (χ0) is 29.6. The van der Waals surface area contributed by atoms with Crippen LogP contribution in [0.1, 0.15) is 78.6 Å². The minimum Gasteiger partial charge on any atom is -0.479 e. The van der Waals surface area contributed by atoms with Crippen LogP contribution >= 0.6 is 0 Å². The molecule has 41 heavy (non-hydrogen) atoms. The van der Waals surface area contributed by atoms with E-state index in [0.717, 1.165) is 24.8 Å². The lowest BCUT2D eigenvalue weighted by molar-refractivity contribution is -0.315. The summed E-state index contributed by atoms with van der Waals surface area (Å²) in [6.07, 6.45) is 8.92. The average molecular weight is 579 g/mol. The quantitative estimate of drug-likeness (QED) is 0.333. The van der Waals surface area contributed by atoms with Crippen LogP contribution in [0.5, 0.6) is 0 Å². The molecule has 230 valence electrons. The number of hydrogen-bond acceptors (Lipinski definition) is 9. The molecule has 0 aliphatic carbocycles. The van der Waals surface area contributed by atoms with Crippen LogP contribution in [-0.4, -0.2) is 92.9 Å². The van der Waals surface area contributed by atoms with Gasteiger partial charge in [-0.1, -0.05) is 31.2 Å². The summed E-state index contributed by atoms with van der Waals surface area (Å²) in [6.45, 7) is 9.15. The van der Waals surface area contributed by atoms with Gasteiger partial charge in [0, 0.05) is 31.6 Å². The number of carboxylic acid groups (broad SMARTS) is 1. The summed E-state index contributed by atoms with van der Waals surface area (Å²) in [7, 11) is 0. The van der Waals surface area contributed by atoms with Crippen molar-refractivity contribution in [1.29, 1.82) is 0 Å². The number of carboxylic acids is 1. The lowest BCUT2D eigenvalue weighted by atomic mass is 9.87. The zero-order valence-corrected chi connectivity index (χ0v) is 24.4. The Hall–Kier alpha value is -1.63. The standard InChI is InChI=1S/C31H46O10/c1-18-14-24(40-31(15-18)11-5-6-22(39-31)16-29(4,36)28(34)35)19(2)7-8-21-9-12-30(38-21)13-10-23-27(41-30)26(33)20(3)25(17-32)37-23/h7-8,15,19,21-27,32-33,36H,3,5-6,9-14,16-17H2,1-2,4H3,(H,34,35)/t19-,21+,22+,23-,24+,25-,26-,27-,29-,30-,31+/m1/s1. The van der Waals surface area contributed by atoms with E-state index in [-0.39, 0.29) is 37.3 Å². The molecule has 0 radical (unpaired) electrons. The predicted octanol–water partition coefficient (Wildman–Crippen LogP) is 3.14. The number of ether oxygens (including phenoxy) is 5. The number of aliphatic carboxylic acids is 1. The molecule has 0 aromatic heterocycles. The molecule has 5 heterocycles. The highest BCUT2D eigenvalue weighted by Gasteiger charge is 2.53. The van der Waals surface area contributed by atoms with Gasteiger partial charge in [-0.05, 0) is 57.6 Å². The van der Waals surface area contributed by atoms with Crippen LogP contribution in [0.25, 0.3) is 0 Å². The fourth-order valence-corrected chi connectivity index (χ4v) is 6.99. The average Bonchev–Trinajstić information content (AvgIpc) is 3.31. The Balaban J connectivity index is 1.18. The molecule has 5 rings (SSSR count). The minimum atomic E-state index is -1.86. The Morgan fingerprint density at radius 3 is 2.68 bits per heavy atom. The van der Waals surface area contributed by atoms with Gasteiger partial charge in [0.2, 0.25) is 0 Å². The molecule has 0 aromatic carbocycles. The van der Waals surface area contributed by atoms with E-state index < -0.39 is 47.6 Å². The SMILES string of the molecule is C=C1[C@@H](O)[C@@H]2O[C@]3(CC[C@H](C=C[C@@H](C)[C@@H]4CC(C)=C[C@]5(CCC[C@@H](C[C@@](C)(O)C(=O)O)O5)O4)O3)CC[C@H]2O[C@@H]1CO. The van der Waals surface area contributed by atoms with Crippen LogP contribution < -0.4 is 0 Å².